The number of amides is 1. The molecular formula is C14H22ClN3O. The van der Waals surface area contributed by atoms with Crippen LogP contribution in [0.25, 0.3) is 0 Å². The quantitative estimate of drug-likeness (QED) is 0.867. The van der Waals surface area contributed by atoms with Gasteiger partial charge < -0.3 is 15.1 Å². The molecule has 106 valence electrons. The molecule has 0 heterocycles. The van der Waals surface area contributed by atoms with Crippen molar-refractivity contribution in [3.05, 3.63) is 28.8 Å². The molecule has 0 aromatic heterocycles. The first-order chi connectivity index (χ1) is 8.95. The summed E-state index contributed by atoms with van der Waals surface area (Å²) < 4.78 is 0. The van der Waals surface area contributed by atoms with Gasteiger partial charge in [0.25, 0.3) is 0 Å². The van der Waals surface area contributed by atoms with Crippen molar-refractivity contribution in [2.75, 3.05) is 39.1 Å². The molecule has 0 saturated heterocycles. The van der Waals surface area contributed by atoms with Gasteiger partial charge in [-0.15, -0.1) is 0 Å². The lowest BCUT2D eigenvalue weighted by Gasteiger charge is -2.24. The van der Waals surface area contributed by atoms with Crippen LogP contribution in [0.1, 0.15) is 12.5 Å². The predicted octanol–water partition coefficient (Wildman–Crippen LogP) is 1.97. The summed E-state index contributed by atoms with van der Waals surface area (Å²) in [7, 11) is 5.42. The van der Waals surface area contributed by atoms with Gasteiger partial charge in [0.05, 0.1) is 6.54 Å². The molecule has 4 nitrogen and oxygen atoms in total. The lowest BCUT2D eigenvalue weighted by atomic mass is 10.1. The summed E-state index contributed by atoms with van der Waals surface area (Å²) in [5, 5.41) is 3.97. The summed E-state index contributed by atoms with van der Waals surface area (Å²) in [6.45, 7) is 4.08. The molecule has 0 unspecified atom stereocenters. The van der Waals surface area contributed by atoms with E-state index in [1.807, 2.05) is 30.1 Å². The molecule has 0 fully saturated rings. The van der Waals surface area contributed by atoms with E-state index < -0.39 is 0 Å². The van der Waals surface area contributed by atoms with E-state index in [1.165, 1.54) is 0 Å². The monoisotopic (exact) mass is 283 g/mol. The highest BCUT2D eigenvalue weighted by molar-refractivity contribution is 6.30. The molecule has 1 N–H and O–H groups in total. The Balaban J connectivity index is 2.89. The number of hydrogen-bond acceptors (Lipinski definition) is 3. The molecule has 0 aliphatic carbocycles. The fourth-order valence-electron chi connectivity index (χ4n) is 1.73. The minimum absolute atomic E-state index is 0.0666. The standard InChI is InChI=1S/C14H22ClN3O/c1-5-16-9-11-6-7-12(15)8-13(11)18(4)10-14(19)17(2)3/h6-8,16H,5,9-10H2,1-4H3. The SMILES string of the molecule is CCNCc1ccc(Cl)cc1N(C)CC(=O)N(C)C. The molecule has 0 aliphatic heterocycles. The van der Waals surface area contributed by atoms with Gasteiger partial charge in [-0.1, -0.05) is 24.6 Å². The third-order valence-corrected chi connectivity index (χ3v) is 3.13. The van der Waals surface area contributed by atoms with E-state index in [0.29, 0.717) is 11.6 Å². The minimum Gasteiger partial charge on any atom is -0.365 e. The second-order valence-corrected chi connectivity index (χ2v) is 5.13. The van der Waals surface area contributed by atoms with Gasteiger partial charge in [-0.05, 0) is 24.2 Å². The van der Waals surface area contributed by atoms with E-state index in [2.05, 4.69) is 12.2 Å². The van der Waals surface area contributed by atoms with Crippen molar-refractivity contribution in [2.45, 2.75) is 13.5 Å². The van der Waals surface area contributed by atoms with Crippen LogP contribution in [-0.4, -0.2) is 45.0 Å². The van der Waals surface area contributed by atoms with Gasteiger partial charge in [-0.25, -0.2) is 0 Å². The molecule has 1 aromatic carbocycles. The topological polar surface area (TPSA) is 35.6 Å². The van der Waals surface area contributed by atoms with Crippen molar-refractivity contribution in [3.63, 3.8) is 0 Å². The summed E-state index contributed by atoms with van der Waals surface area (Å²) in [6, 6.07) is 5.77. The molecule has 19 heavy (non-hydrogen) atoms. The smallest absolute Gasteiger partial charge is 0.241 e. The Labute approximate surface area is 120 Å². The number of likely N-dealkylation sites (N-methyl/N-ethyl adjacent to an activating group) is 2. The van der Waals surface area contributed by atoms with Gasteiger partial charge in [-0.3, -0.25) is 4.79 Å². The Morgan fingerprint density at radius 1 is 1.32 bits per heavy atom. The van der Waals surface area contributed by atoms with Crippen molar-refractivity contribution in [1.29, 1.82) is 0 Å². The number of anilines is 1. The van der Waals surface area contributed by atoms with Gasteiger partial charge >= 0.3 is 0 Å². The summed E-state index contributed by atoms with van der Waals surface area (Å²) in [5.74, 6) is 0.0666. The zero-order chi connectivity index (χ0) is 14.4. The molecular weight excluding hydrogens is 262 g/mol. The Hall–Kier alpha value is -1.26. The highest BCUT2D eigenvalue weighted by Gasteiger charge is 2.12. The molecule has 1 rings (SSSR count). The van der Waals surface area contributed by atoms with Crippen molar-refractivity contribution in [2.24, 2.45) is 0 Å². The zero-order valence-corrected chi connectivity index (χ0v) is 12.8. The van der Waals surface area contributed by atoms with Crippen molar-refractivity contribution < 1.29 is 4.79 Å². The average molecular weight is 284 g/mol. The van der Waals surface area contributed by atoms with Crippen molar-refractivity contribution >= 4 is 23.2 Å². The summed E-state index contributed by atoms with van der Waals surface area (Å²) in [6.07, 6.45) is 0. The zero-order valence-electron chi connectivity index (χ0n) is 12.0. The molecule has 0 aliphatic rings. The van der Waals surface area contributed by atoms with E-state index in [1.54, 1.807) is 19.0 Å². The number of benzene rings is 1. The van der Waals surface area contributed by atoms with Crippen molar-refractivity contribution in [3.8, 4) is 0 Å². The molecule has 0 saturated carbocycles. The number of rotatable bonds is 6. The third-order valence-electron chi connectivity index (χ3n) is 2.90. The molecule has 1 amide bonds. The summed E-state index contributed by atoms with van der Waals surface area (Å²) in [5.41, 5.74) is 2.13. The number of nitrogens with one attached hydrogen (secondary N) is 1. The van der Waals surface area contributed by atoms with Gasteiger partial charge in [0.1, 0.15) is 0 Å². The average Bonchev–Trinajstić information content (AvgIpc) is 2.36. The normalized spacial score (nSPS) is 10.4. The first kappa shape index (κ1) is 15.8. The van der Waals surface area contributed by atoms with E-state index in [9.17, 15) is 4.79 Å². The minimum atomic E-state index is 0.0666. The fraction of sp³-hybridized carbons (Fsp3) is 0.500. The third kappa shape index (κ3) is 4.73. The second-order valence-electron chi connectivity index (χ2n) is 4.70. The van der Waals surface area contributed by atoms with Crippen LogP contribution in [0.5, 0.6) is 0 Å². The van der Waals surface area contributed by atoms with E-state index in [0.717, 1.165) is 24.3 Å². The number of hydrogen-bond donors (Lipinski definition) is 1. The number of carbonyl (C=O) groups is 1. The van der Waals surface area contributed by atoms with Crippen LogP contribution < -0.4 is 10.2 Å². The number of halogens is 1. The van der Waals surface area contributed by atoms with Crippen LogP contribution in [0.3, 0.4) is 0 Å². The van der Waals surface area contributed by atoms with E-state index in [4.69, 9.17) is 11.6 Å². The van der Waals surface area contributed by atoms with Crippen LogP contribution >= 0.6 is 11.6 Å². The highest BCUT2D eigenvalue weighted by Crippen LogP contribution is 2.24. The lowest BCUT2D eigenvalue weighted by Crippen LogP contribution is -2.35. The lowest BCUT2D eigenvalue weighted by molar-refractivity contribution is -0.127. The Morgan fingerprint density at radius 2 is 2.00 bits per heavy atom. The Morgan fingerprint density at radius 3 is 2.58 bits per heavy atom. The molecule has 0 bridgehead atoms. The highest BCUT2D eigenvalue weighted by atomic mass is 35.5. The second kappa shape index (κ2) is 7.36. The van der Waals surface area contributed by atoms with Crippen LogP contribution in [0, 0.1) is 0 Å². The van der Waals surface area contributed by atoms with Gasteiger partial charge in [0.15, 0.2) is 0 Å². The Bertz CT molecular complexity index is 435. The van der Waals surface area contributed by atoms with Gasteiger partial charge in [0, 0.05) is 38.4 Å². The van der Waals surface area contributed by atoms with Crippen LogP contribution in [0.2, 0.25) is 5.02 Å². The summed E-state index contributed by atoms with van der Waals surface area (Å²) in [4.78, 5) is 15.3. The molecule has 0 atom stereocenters. The van der Waals surface area contributed by atoms with E-state index in [-0.39, 0.29) is 5.91 Å². The van der Waals surface area contributed by atoms with Gasteiger partial charge in [0.2, 0.25) is 5.91 Å². The molecule has 1 aromatic rings. The number of nitrogens with zero attached hydrogens (tertiary/aromatic N) is 2. The fourth-order valence-corrected chi connectivity index (χ4v) is 1.90. The predicted molar refractivity (Wildman–Crippen MR) is 80.8 cm³/mol. The molecule has 5 heteroatoms. The maximum absolute atomic E-state index is 11.8. The maximum atomic E-state index is 11.8. The van der Waals surface area contributed by atoms with Crippen LogP contribution in [0.15, 0.2) is 18.2 Å². The maximum Gasteiger partial charge on any atom is 0.241 e. The largest absolute Gasteiger partial charge is 0.365 e. The first-order valence-corrected chi connectivity index (χ1v) is 6.74. The van der Waals surface area contributed by atoms with Crippen LogP contribution in [-0.2, 0) is 11.3 Å². The van der Waals surface area contributed by atoms with Crippen LogP contribution in [0.4, 0.5) is 5.69 Å². The van der Waals surface area contributed by atoms with Crippen molar-refractivity contribution in [1.82, 2.24) is 10.2 Å². The van der Waals surface area contributed by atoms with E-state index >= 15 is 0 Å². The molecule has 0 spiro atoms. The first-order valence-electron chi connectivity index (χ1n) is 6.36. The van der Waals surface area contributed by atoms with Gasteiger partial charge in [-0.2, -0.15) is 0 Å². The molecule has 0 radical (unpaired) electrons. The number of carbonyl (C=O) groups excluding carboxylic acids is 1. The Kier molecular flexibility index (Phi) is 6.12. The summed E-state index contributed by atoms with van der Waals surface area (Å²) >= 11 is 6.05.